The van der Waals surface area contributed by atoms with Gasteiger partial charge in [0.05, 0.1) is 18.7 Å². The van der Waals surface area contributed by atoms with E-state index in [2.05, 4.69) is 70.6 Å². The molecule has 1 aliphatic carbocycles. The molecule has 0 radical (unpaired) electrons. The molecule has 2 aromatic carbocycles. The van der Waals surface area contributed by atoms with Gasteiger partial charge in [-0.2, -0.15) is 0 Å². The van der Waals surface area contributed by atoms with Crippen molar-refractivity contribution < 1.29 is 4.74 Å². The Labute approximate surface area is 160 Å². The third-order valence-electron chi connectivity index (χ3n) is 5.65. The average molecular weight is 356 g/mol. The second kappa shape index (κ2) is 7.18. The van der Waals surface area contributed by atoms with E-state index in [0.717, 1.165) is 39.3 Å². The van der Waals surface area contributed by atoms with Crippen molar-refractivity contribution in [3.63, 3.8) is 0 Å². The molecule has 2 aliphatic rings. The number of allylic oxidation sites excluding steroid dienone is 2. The van der Waals surface area contributed by atoms with Crippen molar-refractivity contribution in [1.82, 2.24) is 9.88 Å². The van der Waals surface area contributed by atoms with Gasteiger partial charge in [-0.05, 0) is 51.8 Å². The molecular formula is C24H24N2O. The van der Waals surface area contributed by atoms with Crippen LogP contribution in [0.2, 0.25) is 0 Å². The van der Waals surface area contributed by atoms with Crippen LogP contribution >= 0.6 is 0 Å². The first-order valence-corrected chi connectivity index (χ1v) is 9.77. The molecule has 1 fully saturated rings. The highest BCUT2D eigenvalue weighted by atomic mass is 16.5. The number of H-pyrrole nitrogens is 1. The predicted molar refractivity (Wildman–Crippen MR) is 112 cm³/mol. The number of aromatic amines is 1. The first-order chi connectivity index (χ1) is 13.4. The summed E-state index contributed by atoms with van der Waals surface area (Å²) in [6.07, 6.45) is 7.80. The van der Waals surface area contributed by atoms with Crippen LogP contribution in [0.25, 0.3) is 28.1 Å². The molecular weight excluding hydrogens is 332 g/mol. The molecule has 0 bridgehead atoms. The Morgan fingerprint density at radius 2 is 1.81 bits per heavy atom. The molecule has 2 heterocycles. The molecule has 1 aromatic heterocycles. The molecule has 0 atom stereocenters. The Bertz CT molecular complexity index is 1020. The fourth-order valence-electron chi connectivity index (χ4n) is 4.18. The maximum absolute atomic E-state index is 5.47. The fraction of sp³-hybridized carbons (Fsp3) is 0.250. The average Bonchev–Trinajstić information content (AvgIpc) is 3.33. The third kappa shape index (κ3) is 3.25. The van der Waals surface area contributed by atoms with E-state index in [9.17, 15) is 0 Å². The summed E-state index contributed by atoms with van der Waals surface area (Å²) in [5.41, 5.74) is 7.94. The number of nitrogens with zero attached hydrogens (tertiary/aromatic N) is 1. The topological polar surface area (TPSA) is 28.3 Å². The van der Waals surface area contributed by atoms with Gasteiger partial charge >= 0.3 is 0 Å². The van der Waals surface area contributed by atoms with Crippen molar-refractivity contribution in [2.75, 3.05) is 32.8 Å². The SMILES string of the molecule is C1=C(CCN2CCOCC2)c2ccccc2/C1=C\c1cccc2cc[nH]c12. The largest absolute Gasteiger partial charge is 0.379 e. The Morgan fingerprint density at radius 1 is 0.963 bits per heavy atom. The smallest absolute Gasteiger partial charge is 0.0594 e. The molecule has 0 saturated carbocycles. The Balaban J connectivity index is 1.47. The van der Waals surface area contributed by atoms with Crippen LogP contribution in [0, 0.1) is 0 Å². The van der Waals surface area contributed by atoms with Gasteiger partial charge in [0, 0.05) is 25.8 Å². The van der Waals surface area contributed by atoms with Crippen LogP contribution in [-0.2, 0) is 4.74 Å². The normalized spacial score (nSPS) is 18.8. The summed E-state index contributed by atoms with van der Waals surface area (Å²) < 4.78 is 5.47. The number of rotatable bonds is 4. The number of aromatic nitrogens is 1. The highest BCUT2D eigenvalue weighted by molar-refractivity contribution is 6.04. The minimum absolute atomic E-state index is 0.862. The van der Waals surface area contributed by atoms with E-state index in [1.807, 2.05) is 6.20 Å². The molecule has 0 unspecified atom stereocenters. The van der Waals surface area contributed by atoms with Crippen LogP contribution in [0.1, 0.15) is 23.1 Å². The van der Waals surface area contributed by atoms with Gasteiger partial charge < -0.3 is 9.72 Å². The molecule has 136 valence electrons. The standard InChI is InChI=1S/C24H24N2O/c1-2-7-23-21(17-20-5-3-4-18-8-10-25-24(18)20)16-19(22(23)6-1)9-11-26-12-14-27-15-13-26/h1-8,10,16-17,25H,9,11-15H2/b21-17-. The number of hydrogen-bond donors (Lipinski definition) is 1. The lowest BCUT2D eigenvalue weighted by molar-refractivity contribution is 0.0390. The molecule has 3 heteroatoms. The van der Waals surface area contributed by atoms with Gasteiger partial charge in [-0.3, -0.25) is 4.90 Å². The van der Waals surface area contributed by atoms with Crippen molar-refractivity contribution in [2.45, 2.75) is 6.42 Å². The highest BCUT2D eigenvalue weighted by Gasteiger charge is 2.19. The number of fused-ring (bicyclic) bond motifs is 2. The number of ether oxygens (including phenoxy) is 1. The summed E-state index contributed by atoms with van der Waals surface area (Å²) in [6, 6.07) is 17.4. The van der Waals surface area contributed by atoms with Crippen molar-refractivity contribution >= 4 is 28.1 Å². The summed E-state index contributed by atoms with van der Waals surface area (Å²) >= 11 is 0. The summed E-state index contributed by atoms with van der Waals surface area (Å²) in [4.78, 5) is 5.89. The second-order valence-electron chi connectivity index (χ2n) is 7.31. The van der Waals surface area contributed by atoms with E-state index >= 15 is 0 Å². The van der Waals surface area contributed by atoms with E-state index in [4.69, 9.17) is 4.74 Å². The van der Waals surface area contributed by atoms with E-state index in [-0.39, 0.29) is 0 Å². The fourth-order valence-corrected chi connectivity index (χ4v) is 4.18. The minimum Gasteiger partial charge on any atom is -0.379 e. The van der Waals surface area contributed by atoms with Gasteiger partial charge in [0.25, 0.3) is 0 Å². The molecule has 1 N–H and O–H groups in total. The van der Waals surface area contributed by atoms with Crippen molar-refractivity contribution in [3.05, 3.63) is 77.5 Å². The number of para-hydroxylation sites is 1. The molecule has 3 nitrogen and oxygen atoms in total. The summed E-state index contributed by atoms with van der Waals surface area (Å²) in [5, 5.41) is 1.26. The van der Waals surface area contributed by atoms with Gasteiger partial charge in [0.1, 0.15) is 0 Å². The van der Waals surface area contributed by atoms with E-state index in [1.165, 1.54) is 38.7 Å². The van der Waals surface area contributed by atoms with Gasteiger partial charge in [0.2, 0.25) is 0 Å². The molecule has 3 aromatic rings. The van der Waals surface area contributed by atoms with Gasteiger partial charge in [-0.15, -0.1) is 0 Å². The summed E-state index contributed by atoms with van der Waals surface area (Å²) in [5.74, 6) is 0. The number of morpholine rings is 1. The van der Waals surface area contributed by atoms with Crippen LogP contribution in [0.3, 0.4) is 0 Å². The first-order valence-electron chi connectivity index (χ1n) is 9.77. The number of hydrogen-bond acceptors (Lipinski definition) is 2. The van der Waals surface area contributed by atoms with Crippen molar-refractivity contribution in [2.24, 2.45) is 0 Å². The van der Waals surface area contributed by atoms with Gasteiger partial charge in [-0.25, -0.2) is 0 Å². The van der Waals surface area contributed by atoms with Crippen LogP contribution < -0.4 is 0 Å². The predicted octanol–water partition coefficient (Wildman–Crippen LogP) is 4.83. The van der Waals surface area contributed by atoms with Crippen molar-refractivity contribution in [1.29, 1.82) is 0 Å². The van der Waals surface area contributed by atoms with E-state index < -0.39 is 0 Å². The molecule has 1 aliphatic heterocycles. The summed E-state index contributed by atoms with van der Waals surface area (Å²) in [7, 11) is 0. The molecule has 27 heavy (non-hydrogen) atoms. The molecule has 0 amide bonds. The van der Waals surface area contributed by atoms with Crippen LogP contribution in [0.5, 0.6) is 0 Å². The summed E-state index contributed by atoms with van der Waals surface area (Å²) in [6.45, 7) is 4.92. The van der Waals surface area contributed by atoms with Crippen LogP contribution in [-0.4, -0.2) is 42.7 Å². The van der Waals surface area contributed by atoms with E-state index in [1.54, 1.807) is 0 Å². The molecule has 0 spiro atoms. The van der Waals surface area contributed by atoms with Gasteiger partial charge in [0.15, 0.2) is 0 Å². The zero-order valence-corrected chi connectivity index (χ0v) is 15.4. The lowest BCUT2D eigenvalue weighted by Crippen LogP contribution is -2.36. The van der Waals surface area contributed by atoms with Gasteiger partial charge in [-0.1, -0.05) is 48.5 Å². The Kier molecular flexibility index (Phi) is 4.40. The lowest BCUT2D eigenvalue weighted by atomic mass is 10.0. The maximum Gasteiger partial charge on any atom is 0.0594 e. The maximum atomic E-state index is 5.47. The number of nitrogens with one attached hydrogen (secondary N) is 1. The zero-order valence-electron chi connectivity index (χ0n) is 15.4. The quantitative estimate of drug-likeness (QED) is 0.725. The lowest BCUT2D eigenvalue weighted by Gasteiger charge is -2.26. The van der Waals surface area contributed by atoms with Crippen LogP contribution in [0.15, 0.2) is 60.8 Å². The third-order valence-corrected chi connectivity index (χ3v) is 5.65. The molecule has 5 rings (SSSR count). The van der Waals surface area contributed by atoms with Crippen molar-refractivity contribution in [3.8, 4) is 0 Å². The second-order valence-corrected chi connectivity index (χ2v) is 7.31. The van der Waals surface area contributed by atoms with E-state index in [0.29, 0.717) is 0 Å². The first kappa shape index (κ1) is 16.5. The number of benzene rings is 2. The highest BCUT2D eigenvalue weighted by Crippen LogP contribution is 2.38. The van der Waals surface area contributed by atoms with Crippen LogP contribution in [0.4, 0.5) is 0 Å². The Hall–Kier alpha value is -2.62. The Morgan fingerprint density at radius 3 is 2.70 bits per heavy atom. The molecule has 1 saturated heterocycles. The zero-order chi connectivity index (χ0) is 18.1. The monoisotopic (exact) mass is 356 g/mol. The minimum atomic E-state index is 0.862.